The minimum absolute atomic E-state index is 0.218. The van der Waals surface area contributed by atoms with Crippen molar-refractivity contribution in [2.45, 2.75) is 63.6 Å². The number of rotatable bonds is 2. The summed E-state index contributed by atoms with van der Waals surface area (Å²) in [5.74, 6) is 0. The molecular formula is C14H27N3. The fourth-order valence-corrected chi connectivity index (χ4v) is 2.67. The smallest absolute Gasteiger partial charge is 0.108 e. The first-order valence-corrected chi connectivity index (χ1v) is 6.54. The summed E-state index contributed by atoms with van der Waals surface area (Å²) in [6, 6.07) is 3.14. The van der Waals surface area contributed by atoms with Crippen molar-refractivity contribution in [1.82, 2.24) is 9.80 Å². The van der Waals surface area contributed by atoms with E-state index in [1.54, 1.807) is 0 Å². The number of hydrogen-bond donors (Lipinski definition) is 0. The van der Waals surface area contributed by atoms with Crippen LogP contribution in [0.4, 0.5) is 0 Å². The summed E-state index contributed by atoms with van der Waals surface area (Å²) in [6.45, 7) is 6.77. The van der Waals surface area contributed by atoms with Crippen molar-refractivity contribution in [3.8, 4) is 6.07 Å². The van der Waals surface area contributed by atoms with Crippen LogP contribution in [0.1, 0.15) is 46.5 Å². The van der Waals surface area contributed by atoms with E-state index in [1.165, 1.54) is 0 Å². The zero-order chi connectivity index (χ0) is 13.3. The van der Waals surface area contributed by atoms with E-state index in [1.807, 2.05) is 14.1 Å². The number of hydrogen-bond acceptors (Lipinski definition) is 3. The van der Waals surface area contributed by atoms with Crippen molar-refractivity contribution in [3.63, 3.8) is 0 Å². The van der Waals surface area contributed by atoms with Gasteiger partial charge in [-0.1, -0.05) is 0 Å². The van der Waals surface area contributed by atoms with Crippen molar-refractivity contribution in [2.75, 3.05) is 21.1 Å². The third kappa shape index (κ3) is 3.00. The Morgan fingerprint density at radius 1 is 1.12 bits per heavy atom. The Morgan fingerprint density at radius 3 is 1.88 bits per heavy atom. The maximum Gasteiger partial charge on any atom is 0.108 e. The van der Waals surface area contributed by atoms with E-state index < -0.39 is 0 Å². The lowest BCUT2D eigenvalue weighted by atomic mass is 9.78. The molecule has 3 nitrogen and oxygen atoms in total. The molecule has 0 N–H and O–H groups in total. The molecule has 1 aliphatic carbocycles. The monoisotopic (exact) mass is 237 g/mol. The lowest BCUT2D eigenvalue weighted by Crippen LogP contribution is -2.52. The predicted octanol–water partition coefficient (Wildman–Crippen LogP) is 2.48. The van der Waals surface area contributed by atoms with Gasteiger partial charge in [0.25, 0.3) is 0 Å². The maximum atomic E-state index is 9.39. The van der Waals surface area contributed by atoms with Crippen LogP contribution in [0.5, 0.6) is 0 Å². The minimum Gasteiger partial charge on any atom is -0.299 e. The fraction of sp³-hybridized carbons (Fsp3) is 0.929. The molecular weight excluding hydrogens is 210 g/mol. The molecule has 17 heavy (non-hydrogen) atoms. The summed E-state index contributed by atoms with van der Waals surface area (Å²) in [7, 11) is 6.26. The predicted molar refractivity (Wildman–Crippen MR) is 71.8 cm³/mol. The van der Waals surface area contributed by atoms with Gasteiger partial charge in [-0.25, -0.2) is 0 Å². The summed E-state index contributed by atoms with van der Waals surface area (Å²) in [5, 5.41) is 9.39. The SMILES string of the molecule is CN(C1CCC(C#N)(N(C)C)CC1)C(C)(C)C. The van der Waals surface area contributed by atoms with Crippen molar-refractivity contribution in [3.05, 3.63) is 0 Å². The molecule has 3 heteroatoms. The third-order valence-electron chi connectivity index (χ3n) is 4.45. The van der Waals surface area contributed by atoms with Gasteiger partial charge in [0.05, 0.1) is 6.07 Å². The van der Waals surface area contributed by atoms with E-state index in [4.69, 9.17) is 0 Å². The molecule has 98 valence electrons. The van der Waals surface area contributed by atoms with Crippen LogP contribution in [0, 0.1) is 11.3 Å². The van der Waals surface area contributed by atoms with Gasteiger partial charge < -0.3 is 0 Å². The summed E-state index contributed by atoms with van der Waals surface area (Å²) < 4.78 is 0. The second kappa shape index (κ2) is 4.96. The molecule has 1 rings (SSSR count). The molecule has 0 bridgehead atoms. The van der Waals surface area contributed by atoms with Crippen molar-refractivity contribution in [1.29, 1.82) is 5.26 Å². The fourth-order valence-electron chi connectivity index (χ4n) is 2.67. The van der Waals surface area contributed by atoms with E-state index in [2.05, 4.69) is 43.7 Å². The average molecular weight is 237 g/mol. The first kappa shape index (κ1) is 14.5. The second-order valence-electron chi connectivity index (χ2n) is 6.55. The minimum atomic E-state index is -0.227. The van der Waals surface area contributed by atoms with Gasteiger partial charge in [0, 0.05) is 11.6 Å². The van der Waals surface area contributed by atoms with Gasteiger partial charge >= 0.3 is 0 Å². The highest BCUT2D eigenvalue weighted by atomic mass is 15.2. The molecule has 1 fully saturated rings. The van der Waals surface area contributed by atoms with E-state index >= 15 is 0 Å². The first-order valence-electron chi connectivity index (χ1n) is 6.54. The van der Waals surface area contributed by atoms with Crippen LogP contribution in [0.2, 0.25) is 0 Å². The Hall–Kier alpha value is -0.590. The molecule has 1 aliphatic rings. The molecule has 0 radical (unpaired) electrons. The Labute approximate surface area is 106 Å². The molecule has 0 unspecified atom stereocenters. The summed E-state index contributed by atoms with van der Waals surface area (Å²) in [6.07, 6.45) is 4.22. The largest absolute Gasteiger partial charge is 0.299 e. The van der Waals surface area contributed by atoms with Gasteiger partial charge in [-0.05, 0) is 67.6 Å². The van der Waals surface area contributed by atoms with Crippen molar-refractivity contribution >= 4 is 0 Å². The summed E-state index contributed by atoms with van der Waals surface area (Å²) >= 11 is 0. The molecule has 0 aromatic rings. The Bertz CT molecular complexity index is 288. The molecule has 0 spiro atoms. The second-order valence-corrected chi connectivity index (χ2v) is 6.55. The van der Waals surface area contributed by atoms with E-state index in [0.29, 0.717) is 6.04 Å². The quantitative estimate of drug-likeness (QED) is 0.739. The van der Waals surface area contributed by atoms with Gasteiger partial charge in [-0.3, -0.25) is 9.80 Å². The molecule has 0 aromatic heterocycles. The van der Waals surface area contributed by atoms with Gasteiger partial charge in [0.1, 0.15) is 5.54 Å². The van der Waals surface area contributed by atoms with Gasteiger partial charge in [0.15, 0.2) is 0 Å². The lowest BCUT2D eigenvalue weighted by Gasteiger charge is -2.46. The topological polar surface area (TPSA) is 30.3 Å². The van der Waals surface area contributed by atoms with Gasteiger partial charge in [0.2, 0.25) is 0 Å². The standard InChI is InChI=1S/C14H27N3/c1-13(2,3)17(6)12-7-9-14(11-15,10-8-12)16(4)5/h12H,7-10H2,1-6H3. The van der Waals surface area contributed by atoms with Crippen molar-refractivity contribution in [2.24, 2.45) is 0 Å². The molecule has 1 saturated carbocycles. The molecule has 0 heterocycles. The zero-order valence-corrected chi connectivity index (χ0v) is 12.2. The summed E-state index contributed by atoms with van der Waals surface area (Å²) in [4.78, 5) is 4.56. The van der Waals surface area contributed by atoms with Crippen LogP contribution in [0.15, 0.2) is 0 Å². The number of nitrogens with zero attached hydrogens (tertiary/aromatic N) is 3. The normalized spacial score (nSPS) is 30.6. The van der Waals surface area contributed by atoms with Crippen LogP contribution in [-0.2, 0) is 0 Å². The molecule has 0 aromatic carbocycles. The van der Waals surface area contributed by atoms with E-state index in [9.17, 15) is 5.26 Å². The zero-order valence-electron chi connectivity index (χ0n) is 12.2. The van der Waals surface area contributed by atoms with Gasteiger partial charge in [-0.15, -0.1) is 0 Å². The highest BCUT2D eigenvalue weighted by Gasteiger charge is 2.39. The number of nitriles is 1. The van der Waals surface area contributed by atoms with Crippen LogP contribution in [-0.4, -0.2) is 48.1 Å². The summed E-state index contributed by atoms with van der Waals surface area (Å²) in [5.41, 5.74) is -0.00928. The van der Waals surface area contributed by atoms with E-state index in [0.717, 1.165) is 25.7 Å². The highest BCUT2D eigenvalue weighted by Crippen LogP contribution is 2.35. The van der Waals surface area contributed by atoms with Crippen LogP contribution >= 0.6 is 0 Å². The molecule has 0 aliphatic heterocycles. The van der Waals surface area contributed by atoms with Crippen LogP contribution < -0.4 is 0 Å². The maximum absolute atomic E-state index is 9.39. The van der Waals surface area contributed by atoms with E-state index in [-0.39, 0.29) is 11.1 Å². The first-order chi connectivity index (χ1) is 7.73. The van der Waals surface area contributed by atoms with Gasteiger partial charge in [-0.2, -0.15) is 5.26 Å². The highest BCUT2D eigenvalue weighted by molar-refractivity contribution is 5.10. The Morgan fingerprint density at radius 2 is 1.59 bits per heavy atom. The molecule has 0 saturated heterocycles. The molecule has 0 atom stereocenters. The third-order valence-corrected chi connectivity index (χ3v) is 4.45. The van der Waals surface area contributed by atoms with Crippen LogP contribution in [0.25, 0.3) is 0 Å². The van der Waals surface area contributed by atoms with Crippen LogP contribution in [0.3, 0.4) is 0 Å². The average Bonchev–Trinajstić information content (AvgIpc) is 2.26. The Balaban J connectivity index is 2.66. The molecule has 0 amide bonds. The lowest BCUT2D eigenvalue weighted by molar-refractivity contribution is 0.0520. The Kier molecular flexibility index (Phi) is 4.22. The van der Waals surface area contributed by atoms with Crippen molar-refractivity contribution < 1.29 is 0 Å².